The molecule has 0 bridgehead atoms. The summed E-state index contributed by atoms with van der Waals surface area (Å²) >= 11 is 2.79. The van der Waals surface area contributed by atoms with E-state index in [1.165, 1.54) is 23.1 Å². The maximum Gasteiger partial charge on any atom is 0.251 e. The van der Waals surface area contributed by atoms with Crippen LogP contribution in [0, 0.1) is 0 Å². The molecule has 0 fully saturated rings. The van der Waals surface area contributed by atoms with E-state index in [4.69, 9.17) is 10.5 Å². The molecular weight excluding hydrogens is 458 g/mol. The van der Waals surface area contributed by atoms with Gasteiger partial charge in [-0.05, 0) is 37.7 Å². The number of fused-ring (bicyclic) bond motifs is 1. The number of ether oxygens (including phenoxy) is 1. The number of thiophene rings is 1. The topological polar surface area (TPSA) is 112 Å². The predicted octanol–water partition coefficient (Wildman–Crippen LogP) is 3.75. The number of hydrogen-bond acceptors (Lipinski definition) is 7. The molecule has 0 spiro atoms. The molecule has 0 radical (unpaired) electrons. The summed E-state index contributed by atoms with van der Waals surface area (Å²) in [5, 5.41) is 12.8. The smallest absolute Gasteiger partial charge is 0.251 e. The van der Waals surface area contributed by atoms with E-state index in [-0.39, 0.29) is 11.7 Å². The van der Waals surface area contributed by atoms with Crippen LogP contribution in [-0.4, -0.2) is 46.0 Å². The number of thioether (sulfide) groups is 1. The highest BCUT2D eigenvalue weighted by Gasteiger charge is 2.25. The fourth-order valence-corrected chi connectivity index (χ4v) is 6.05. The van der Waals surface area contributed by atoms with E-state index >= 15 is 0 Å². The quantitative estimate of drug-likeness (QED) is 0.334. The summed E-state index contributed by atoms with van der Waals surface area (Å²) in [6.07, 6.45) is 4.70. The molecule has 1 aromatic carbocycles. The maximum absolute atomic E-state index is 12.8. The molecule has 1 aliphatic rings. The van der Waals surface area contributed by atoms with Crippen LogP contribution in [0.15, 0.2) is 35.5 Å². The zero-order valence-corrected chi connectivity index (χ0v) is 20.1. The predicted molar refractivity (Wildman–Crippen MR) is 131 cm³/mol. The Morgan fingerprint density at radius 1 is 1.21 bits per heavy atom. The van der Waals surface area contributed by atoms with Gasteiger partial charge in [0.05, 0.1) is 11.3 Å². The van der Waals surface area contributed by atoms with Crippen molar-refractivity contribution in [2.24, 2.45) is 5.73 Å². The van der Waals surface area contributed by atoms with E-state index in [9.17, 15) is 9.59 Å². The second-order valence-electron chi connectivity index (χ2n) is 7.79. The molecule has 8 nitrogen and oxygen atoms in total. The van der Waals surface area contributed by atoms with Gasteiger partial charge in [-0.3, -0.25) is 9.59 Å². The number of methoxy groups -OCH3 is 1. The molecule has 3 aromatic rings. The third-order valence-corrected chi connectivity index (χ3v) is 7.66. The van der Waals surface area contributed by atoms with Crippen LogP contribution in [0.2, 0.25) is 0 Å². The van der Waals surface area contributed by atoms with E-state index < -0.39 is 5.91 Å². The molecule has 0 saturated heterocycles. The third-order valence-electron chi connectivity index (χ3n) is 5.48. The van der Waals surface area contributed by atoms with Crippen LogP contribution in [-0.2, 0) is 28.9 Å². The average molecular weight is 486 g/mol. The number of nitrogens with two attached hydrogens (primary N) is 1. The lowest BCUT2D eigenvalue weighted by molar-refractivity contribution is -0.113. The molecule has 2 heterocycles. The fourth-order valence-electron chi connectivity index (χ4n) is 3.97. The zero-order valence-electron chi connectivity index (χ0n) is 18.5. The van der Waals surface area contributed by atoms with Crippen LogP contribution in [0.3, 0.4) is 0 Å². The minimum absolute atomic E-state index is 0.151. The maximum atomic E-state index is 12.8. The number of nitrogens with zero attached hydrogens (tertiary/aromatic N) is 3. The first-order valence-corrected chi connectivity index (χ1v) is 12.7. The summed E-state index contributed by atoms with van der Waals surface area (Å²) in [4.78, 5) is 26.0. The second kappa shape index (κ2) is 11.0. The Morgan fingerprint density at radius 3 is 2.76 bits per heavy atom. The SMILES string of the molecule is COCCCn1c(SCC(=O)Nc2sc3c(c2C(N)=O)CCCC3)nnc1-c1ccccc1. The number of carbonyl (C=O) groups is 2. The molecule has 33 heavy (non-hydrogen) atoms. The summed E-state index contributed by atoms with van der Waals surface area (Å²) in [7, 11) is 1.67. The number of benzene rings is 1. The monoisotopic (exact) mass is 485 g/mol. The lowest BCUT2D eigenvalue weighted by Gasteiger charge is -2.11. The van der Waals surface area contributed by atoms with Gasteiger partial charge < -0.3 is 20.4 Å². The molecule has 0 atom stereocenters. The van der Waals surface area contributed by atoms with Crippen LogP contribution < -0.4 is 11.1 Å². The molecular formula is C23H27N5O3S2. The Balaban J connectivity index is 1.48. The molecule has 0 aliphatic heterocycles. The Bertz CT molecular complexity index is 1130. The second-order valence-corrected chi connectivity index (χ2v) is 9.83. The van der Waals surface area contributed by atoms with Crippen molar-refractivity contribution in [2.45, 2.75) is 43.8 Å². The molecule has 3 N–H and O–H groups in total. The van der Waals surface area contributed by atoms with Crippen molar-refractivity contribution in [3.63, 3.8) is 0 Å². The molecule has 0 unspecified atom stereocenters. The van der Waals surface area contributed by atoms with Gasteiger partial charge in [-0.15, -0.1) is 21.5 Å². The van der Waals surface area contributed by atoms with Crippen molar-refractivity contribution in [1.82, 2.24) is 14.8 Å². The first-order chi connectivity index (χ1) is 16.1. The first kappa shape index (κ1) is 23.5. The standard InChI is InChI=1S/C23H27N5O3S2/c1-31-13-7-12-28-21(15-8-3-2-4-9-15)26-27-23(28)32-14-18(29)25-22-19(20(24)30)16-10-5-6-11-17(16)33-22/h2-4,8-9H,5-7,10-14H2,1H3,(H2,24,30)(H,25,29). The summed E-state index contributed by atoms with van der Waals surface area (Å²) in [6, 6.07) is 9.85. The van der Waals surface area contributed by atoms with Crippen LogP contribution >= 0.6 is 23.1 Å². The number of amides is 2. The van der Waals surface area contributed by atoms with Crippen molar-refractivity contribution in [2.75, 3.05) is 24.8 Å². The van der Waals surface area contributed by atoms with Crippen molar-refractivity contribution in [3.8, 4) is 11.4 Å². The van der Waals surface area contributed by atoms with E-state index in [1.807, 2.05) is 34.9 Å². The summed E-state index contributed by atoms with van der Waals surface area (Å²) < 4.78 is 7.21. The lowest BCUT2D eigenvalue weighted by Crippen LogP contribution is -2.19. The number of carbonyl (C=O) groups excluding carboxylic acids is 2. The largest absolute Gasteiger partial charge is 0.385 e. The Hall–Kier alpha value is -2.69. The average Bonchev–Trinajstić information content (AvgIpc) is 3.39. The fraction of sp³-hybridized carbons (Fsp3) is 0.391. The van der Waals surface area contributed by atoms with Crippen molar-refractivity contribution >= 4 is 39.9 Å². The van der Waals surface area contributed by atoms with Crippen LogP contribution in [0.5, 0.6) is 0 Å². The van der Waals surface area contributed by atoms with E-state index in [0.717, 1.165) is 53.9 Å². The van der Waals surface area contributed by atoms with Crippen LogP contribution in [0.1, 0.15) is 40.1 Å². The Labute approximate surface area is 200 Å². The molecule has 1 aliphatic carbocycles. The van der Waals surface area contributed by atoms with E-state index in [0.29, 0.717) is 28.9 Å². The van der Waals surface area contributed by atoms with Gasteiger partial charge in [0.1, 0.15) is 5.00 Å². The number of anilines is 1. The van der Waals surface area contributed by atoms with Crippen molar-refractivity contribution in [1.29, 1.82) is 0 Å². The van der Waals surface area contributed by atoms with Gasteiger partial charge in [-0.25, -0.2) is 0 Å². The van der Waals surface area contributed by atoms with Crippen molar-refractivity contribution in [3.05, 3.63) is 46.3 Å². The van der Waals surface area contributed by atoms with Crippen LogP contribution in [0.4, 0.5) is 5.00 Å². The molecule has 2 amide bonds. The number of aromatic nitrogens is 3. The molecule has 10 heteroatoms. The lowest BCUT2D eigenvalue weighted by atomic mass is 9.95. The Kier molecular flexibility index (Phi) is 7.79. The molecule has 0 saturated carbocycles. The van der Waals surface area contributed by atoms with Gasteiger partial charge in [0.25, 0.3) is 5.91 Å². The van der Waals surface area contributed by atoms with Crippen molar-refractivity contribution < 1.29 is 14.3 Å². The minimum Gasteiger partial charge on any atom is -0.385 e. The number of nitrogens with one attached hydrogen (secondary N) is 1. The first-order valence-electron chi connectivity index (χ1n) is 10.9. The molecule has 174 valence electrons. The molecule has 4 rings (SSSR count). The number of hydrogen-bond donors (Lipinski definition) is 2. The third kappa shape index (κ3) is 5.45. The van der Waals surface area contributed by atoms with Gasteiger partial charge in [-0.2, -0.15) is 0 Å². The summed E-state index contributed by atoms with van der Waals surface area (Å²) in [6.45, 7) is 1.30. The highest BCUT2D eigenvalue weighted by Crippen LogP contribution is 2.38. The Morgan fingerprint density at radius 2 is 2.00 bits per heavy atom. The zero-order chi connectivity index (χ0) is 23.2. The van der Waals surface area contributed by atoms with Crippen LogP contribution in [0.25, 0.3) is 11.4 Å². The number of rotatable bonds is 10. The highest BCUT2D eigenvalue weighted by atomic mass is 32.2. The minimum atomic E-state index is -0.484. The highest BCUT2D eigenvalue weighted by molar-refractivity contribution is 7.99. The van der Waals surface area contributed by atoms with Gasteiger partial charge in [-0.1, -0.05) is 42.1 Å². The van der Waals surface area contributed by atoms with Gasteiger partial charge in [0, 0.05) is 30.7 Å². The molecule has 2 aromatic heterocycles. The van der Waals surface area contributed by atoms with Gasteiger partial charge in [0.2, 0.25) is 5.91 Å². The van der Waals surface area contributed by atoms with Gasteiger partial charge >= 0.3 is 0 Å². The van der Waals surface area contributed by atoms with Gasteiger partial charge in [0.15, 0.2) is 11.0 Å². The van der Waals surface area contributed by atoms with E-state index in [2.05, 4.69) is 15.5 Å². The normalized spacial score (nSPS) is 13.0. The summed E-state index contributed by atoms with van der Waals surface area (Å²) in [5.41, 5.74) is 8.09. The number of primary amides is 1. The van der Waals surface area contributed by atoms with E-state index in [1.54, 1.807) is 7.11 Å². The number of aryl methyl sites for hydroxylation is 1. The summed E-state index contributed by atoms with van der Waals surface area (Å²) in [5.74, 6) is 0.228.